The monoisotopic (exact) mass is 333 g/mol. The molecule has 3 nitrogen and oxygen atoms in total. The molecule has 0 radical (unpaired) electrons. The predicted molar refractivity (Wildman–Crippen MR) is 86.5 cm³/mol. The number of halogens is 1. The van der Waals surface area contributed by atoms with Crippen LogP contribution in [0.2, 0.25) is 4.34 Å². The highest BCUT2D eigenvalue weighted by atomic mass is 35.5. The van der Waals surface area contributed by atoms with E-state index in [0.717, 1.165) is 35.8 Å². The van der Waals surface area contributed by atoms with Crippen molar-refractivity contribution in [2.45, 2.75) is 37.5 Å². The zero-order chi connectivity index (χ0) is 14.4. The highest BCUT2D eigenvalue weighted by molar-refractivity contribution is 7.99. The first-order valence-corrected chi connectivity index (χ1v) is 9.27. The molecule has 1 fully saturated rings. The number of thioether (sulfide) groups is 1. The lowest BCUT2D eigenvalue weighted by molar-refractivity contribution is -0.119. The SMILES string of the molecule is O=C(CSCc1ccc(Cl)s1)NCC1CCCCC1O. The van der Waals surface area contributed by atoms with Gasteiger partial charge in [-0.3, -0.25) is 4.79 Å². The van der Waals surface area contributed by atoms with Crippen molar-refractivity contribution in [2.75, 3.05) is 12.3 Å². The Morgan fingerprint density at radius 2 is 2.25 bits per heavy atom. The third-order valence-electron chi connectivity index (χ3n) is 3.54. The van der Waals surface area contributed by atoms with Gasteiger partial charge in [0.1, 0.15) is 0 Å². The van der Waals surface area contributed by atoms with E-state index in [-0.39, 0.29) is 17.9 Å². The number of hydrogen-bond acceptors (Lipinski definition) is 4. The number of aliphatic hydroxyl groups is 1. The Morgan fingerprint density at radius 1 is 1.45 bits per heavy atom. The fraction of sp³-hybridized carbons (Fsp3) is 0.643. The summed E-state index contributed by atoms with van der Waals surface area (Å²) in [7, 11) is 0. The first kappa shape index (κ1) is 16.1. The van der Waals surface area contributed by atoms with Gasteiger partial charge in [-0.15, -0.1) is 23.1 Å². The Balaban J connectivity index is 1.60. The second kappa shape index (κ2) is 8.27. The maximum absolute atomic E-state index is 11.8. The van der Waals surface area contributed by atoms with Crippen molar-refractivity contribution in [3.8, 4) is 0 Å². The molecule has 2 N–H and O–H groups in total. The highest BCUT2D eigenvalue weighted by Gasteiger charge is 2.23. The van der Waals surface area contributed by atoms with E-state index in [1.807, 2.05) is 12.1 Å². The average Bonchev–Trinajstić information content (AvgIpc) is 2.83. The molecular weight excluding hydrogens is 314 g/mol. The predicted octanol–water partition coefficient (Wildman–Crippen LogP) is 3.30. The van der Waals surface area contributed by atoms with E-state index in [1.165, 1.54) is 4.88 Å². The Kier molecular flexibility index (Phi) is 6.68. The van der Waals surface area contributed by atoms with Crippen LogP contribution in [0.25, 0.3) is 0 Å². The molecule has 2 rings (SSSR count). The van der Waals surface area contributed by atoms with Crippen LogP contribution in [0.1, 0.15) is 30.6 Å². The van der Waals surface area contributed by atoms with Gasteiger partial charge < -0.3 is 10.4 Å². The van der Waals surface area contributed by atoms with Gasteiger partial charge in [-0.05, 0) is 25.0 Å². The number of rotatable bonds is 6. The van der Waals surface area contributed by atoms with E-state index in [2.05, 4.69) is 5.32 Å². The van der Waals surface area contributed by atoms with Gasteiger partial charge in [0.15, 0.2) is 0 Å². The van der Waals surface area contributed by atoms with Crippen LogP contribution in [0, 0.1) is 5.92 Å². The second-order valence-electron chi connectivity index (χ2n) is 5.11. The minimum absolute atomic E-state index is 0.0513. The fourth-order valence-electron chi connectivity index (χ4n) is 2.40. The molecule has 0 spiro atoms. The van der Waals surface area contributed by atoms with E-state index in [0.29, 0.717) is 12.3 Å². The van der Waals surface area contributed by atoms with Crippen LogP contribution in [0.4, 0.5) is 0 Å². The number of carbonyl (C=O) groups excluding carboxylic acids is 1. The molecule has 1 aromatic heterocycles. The third kappa shape index (κ3) is 5.28. The van der Waals surface area contributed by atoms with Gasteiger partial charge in [0.25, 0.3) is 0 Å². The normalized spacial score (nSPS) is 22.7. The third-order valence-corrected chi connectivity index (χ3v) is 5.93. The molecule has 6 heteroatoms. The zero-order valence-corrected chi connectivity index (χ0v) is 13.7. The summed E-state index contributed by atoms with van der Waals surface area (Å²) in [4.78, 5) is 12.9. The Labute approximate surface area is 133 Å². The van der Waals surface area contributed by atoms with Crippen LogP contribution in [-0.2, 0) is 10.5 Å². The van der Waals surface area contributed by atoms with Gasteiger partial charge in [-0.25, -0.2) is 0 Å². The standard InChI is InChI=1S/C14H20ClNO2S2/c15-13-6-5-11(20-13)8-19-9-14(18)16-7-10-3-1-2-4-12(10)17/h5-6,10,12,17H,1-4,7-9H2,(H,16,18). The molecule has 1 aliphatic carbocycles. The maximum atomic E-state index is 11.8. The van der Waals surface area contributed by atoms with Gasteiger partial charge in [-0.1, -0.05) is 24.4 Å². The second-order valence-corrected chi connectivity index (χ2v) is 7.90. The van der Waals surface area contributed by atoms with Crippen molar-refractivity contribution >= 4 is 40.6 Å². The Bertz CT molecular complexity index is 439. The summed E-state index contributed by atoms with van der Waals surface area (Å²) >= 11 is 9.01. The van der Waals surface area contributed by atoms with Gasteiger partial charge in [0.2, 0.25) is 5.91 Å². The molecule has 20 heavy (non-hydrogen) atoms. The van der Waals surface area contributed by atoms with Crippen molar-refractivity contribution in [2.24, 2.45) is 5.92 Å². The van der Waals surface area contributed by atoms with Crippen molar-refractivity contribution in [3.63, 3.8) is 0 Å². The smallest absolute Gasteiger partial charge is 0.230 e. The number of carbonyl (C=O) groups is 1. The maximum Gasteiger partial charge on any atom is 0.230 e. The van der Waals surface area contributed by atoms with Gasteiger partial charge in [0, 0.05) is 23.1 Å². The quantitative estimate of drug-likeness (QED) is 0.839. The summed E-state index contributed by atoms with van der Waals surface area (Å²) in [6.45, 7) is 0.603. The van der Waals surface area contributed by atoms with Crippen LogP contribution in [0.5, 0.6) is 0 Å². The Hall–Kier alpha value is -0.230. The molecule has 0 bridgehead atoms. The van der Waals surface area contributed by atoms with Crippen molar-refractivity contribution < 1.29 is 9.90 Å². The average molecular weight is 334 g/mol. The number of thiophene rings is 1. The van der Waals surface area contributed by atoms with E-state index < -0.39 is 0 Å². The lowest BCUT2D eigenvalue weighted by atomic mass is 9.86. The summed E-state index contributed by atoms with van der Waals surface area (Å²) in [6.07, 6.45) is 3.90. The van der Waals surface area contributed by atoms with E-state index in [1.54, 1.807) is 23.1 Å². The van der Waals surface area contributed by atoms with Crippen LogP contribution >= 0.6 is 34.7 Å². The zero-order valence-electron chi connectivity index (χ0n) is 11.3. The van der Waals surface area contributed by atoms with Gasteiger partial charge in [-0.2, -0.15) is 0 Å². The van der Waals surface area contributed by atoms with Crippen LogP contribution in [0.3, 0.4) is 0 Å². The summed E-state index contributed by atoms with van der Waals surface area (Å²) in [6, 6.07) is 3.88. The lowest BCUT2D eigenvalue weighted by Gasteiger charge is -2.27. The van der Waals surface area contributed by atoms with Crippen molar-refractivity contribution in [1.29, 1.82) is 0 Å². The molecule has 1 amide bonds. The van der Waals surface area contributed by atoms with Crippen molar-refractivity contribution in [1.82, 2.24) is 5.32 Å². The van der Waals surface area contributed by atoms with Crippen LogP contribution in [-0.4, -0.2) is 29.4 Å². The van der Waals surface area contributed by atoms with Crippen LogP contribution < -0.4 is 5.32 Å². The molecule has 112 valence electrons. The number of aliphatic hydroxyl groups excluding tert-OH is 1. The summed E-state index contributed by atoms with van der Waals surface area (Å²) < 4.78 is 0.788. The van der Waals surface area contributed by atoms with E-state index >= 15 is 0 Å². The summed E-state index contributed by atoms with van der Waals surface area (Å²) in [5.74, 6) is 1.55. The fourth-order valence-corrected chi connectivity index (χ4v) is 4.45. The minimum atomic E-state index is -0.245. The molecule has 1 saturated carbocycles. The minimum Gasteiger partial charge on any atom is -0.393 e. The van der Waals surface area contributed by atoms with Crippen molar-refractivity contribution in [3.05, 3.63) is 21.3 Å². The van der Waals surface area contributed by atoms with Gasteiger partial charge >= 0.3 is 0 Å². The molecule has 2 unspecified atom stereocenters. The molecule has 1 aliphatic rings. The van der Waals surface area contributed by atoms with Gasteiger partial charge in [0.05, 0.1) is 16.2 Å². The van der Waals surface area contributed by atoms with E-state index in [4.69, 9.17) is 11.6 Å². The first-order chi connectivity index (χ1) is 9.65. The summed E-state index contributed by atoms with van der Waals surface area (Å²) in [5.41, 5.74) is 0. The number of nitrogens with one attached hydrogen (secondary N) is 1. The number of hydrogen-bond donors (Lipinski definition) is 2. The molecule has 0 saturated heterocycles. The molecule has 2 atom stereocenters. The Morgan fingerprint density at radius 3 is 2.95 bits per heavy atom. The molecule has 1 aromatic rings. The molecule has 0 aromatic carbocycles. The largest absolute Gasteiger partial charge is 0.393 e. The topological polar surface area (TPSA) is 49.3 Å². The lowest BCUT2D eigenvalue weighted by Crippen LogP contribution is -2.37. The highest BCUT2D eigenvalue weighted by Crippen LogP contribution is 2.25. The van der Waals surface area contributed by atoms with Crippen LogP contribution in [0.15, 0.2) is 12.1 Å². The number of amides is 1. The molecular formula is C14H20ClNO2S2. The first-order valence-electron chi connectivity index (χ1n) is 6.92. The van der Waals surface area contributed by atoms with E-state index in [9.17, 15) is 9.90 Å². The molecule has 0 aliphatic heterocycles. The molecule has 1 heterocycles. The summed E-state index contributed by atoms with van der Waals surface area (Å²) in [5, 5.41) is 12.8.